The Kier molecular flexibility index (Phi) is 6.90. The Morgan fingerprint density at radius 3 is 2.78 bits per heavy atom. The monoisotopic (exact) mass is 382 g/mol. The van der Waals surface area contributed by atoms with Crippen LogP contribution in [0.15, 0.2) is 22.7 Å². The predicted molar refractivity (Wildman–Crippen MR) is 96.6 cm³/mol. The number of carbonyl (C=O) groups excluding carboxylic acids is 1. The van der Waals surface area contributed by atoms with Crippen molar-refractivity contribution in [2.24, 2.45) is 5.92 Å². The lowest BCUT2D eigenvalue weighted by Gasteiger charge is -2.34. The van der Waals surface area contributed by atoms with Gasteiger partial charge in [0.2, 0.25) is 5.91 Å². The van der Waals surface area contributed by atoms with Crippen molar-refractivity contribution in [2.75, 3.05) is 33.3 Å². The maximum absolute atomic E-state index is 12.6. The molecule has 5 heteroatoms. The molecule has 0 spiro atoms. The topological polar surface area (TPSA) is 32.8 Å². The van der Waals surface area contributed by atoms with Gasteiger partial charge in [0, 0.05) is 36.2 Å². The van der Waals surface area contributed by atoms with Crippen molar-refractivity contribution in [1.29, 1.82) is 0 Å². The van der Waals surface area contributed by atoms with Gasteiger partial charge in [0.1, 0.15) is 5.75 Å². The average molecular weight is 383 g/mol. The zero-order valence-corrected chi connectivity index (χ0v) is 15.9. The summed E-state index contributed by atoms with van der Waals surface area (Å²) in [6.07, 6.45) is 2.08. The summed E-state index contributed by atoms with van der Waals surface area (Å²) in [5.41, 5.74) is 1.16. The average Bonchev–Trinajstić information content (AvgIpc) is 2.56. The number of hydrogen-bond donors (Lipinski definition) is 0. The third-order valence-electron chi connectivity index (χ3n) is 4.57. The predicted octanol–water partition coefficient (Wildman–Crippen LogP) is 3.54. The lowest BCUT2D eigenvalue weighted by Crippen LogP contribution is -2.44. The van der Waals surface area contributed by atoms with Crippen LogP contribution < -0.4 is 4.74 Å². The van der Waals surface area contributed by atoms with E-state index in [9.17, 15) is 4.79 Å². The van der Waals surface area contributed by atoms with Gasteiger partial charge in [0.25, 0.3) is 0 Å². The molecule has 23 heavy (non-hydrogen) atoms. The molecular formula is C18H27BrN2O2. The number of nitrogens with zero attached hydrogens (tertiary/aromatic N) is 2. The molecule has 1 saturated heterocycles. The lowest BCUT2D eigenvalue weighted by molar-refractivity contribution is -0.137. The van der Waals surface area contributed by atoms with Gasteiger partial charge in [0.05, 0.1) is 13.0 Å². The Morgan fingerprint density at radius 1 is 1.39 bits per heavy atom. The zero-order chi connectivity index (χ0) is 16.8. The Bertz CT molecular complexity index is 532. The van der Waals surface area contributed by atoms with E-state index in [4.69, 9.17) is 4.74 Å². The largest absolute Gasteiger partial charge is 0.496 e. The van der Waals surface area contributed by atoms with Gasteiger partial charge in [-0.25, -0.2) is 0 Å². The first-order valence-corrected chi connectivity index (χ1v) is 9.21. The maximum Gasteiger partial charge on any atom is 0.226 e. The quantitative estimate of drug-likeness (QED) is 0.754. The first-order chi connectivity index (χ1) is 11.1. The minimum Gasteiger partial charge on any atom is -0.496 e. The van der Waals surface area contributed by atoms with Crippen LogP contribution in [0.2, 0.25) is 0 Å². The van der Waals surface area contributed by atoms with Crippen molar-refractivity contribution in [3.63, 3.8) is 0 Å². The summed E-state index contributed by atoms with van der Waals surface area (Å²) in [4.78, 5) is 16.9. The van der Waals surface area contributed by atoms with Gasteiger partial charge < -0.3 is 9.64 Å². The molecule has 4 nitrogen and oxygen atoms in total. The fourth-order valence-electron chi connectivity index (χ4n) is 3.31. The number of ether oxygens (including phenoxy) is 1. The number of likely N-dealkylation sites (tertiary alicyclic amines) is 1. The Hall–Kier alpha value is -1.07. The van der Waals surface area contributed by atoms with Crippen molar-refractivity contribution < 1.29 is 9.53 Å². The number of hydrogen-bond acceptors (Lipinski definition) is 3. The second-order valence-corrected chi connectivity index (χ2v) is 6.96. The van der Waals surface area contributed by atoms with E-state index in [1.807, 2.05) is 30.9 Å². The molecule has 1 unspecified atom stereocenters. The highest BCUT2D eigenvalue weighted by molar-refractivity contribution is 9.10. The van der Waals surface area contributed by atoms with Crippen LogP contribution in [0, 0.1) is 5.92 Å². The first-order valence-electron chi connectivity index (χ1n) is 8.42. The molecule has 1 fully saturated rings. The highest BCUT2D eigenvalue weighted by Gasteiger charge is 2.28. The lowest BCUT2D eigenvalue weighted by atomic mass is 9.96. The van der Waals surface area contributed by atoms with E-state index >= 15 is 0 Å². The molecule has 0 bridgehead atoms. The summed E-state index contributed by atoms with van der Waals surface area (Å²) in [7, 11) is 1.70. The van der Waals surface area contributed by atoms with Crippen LogP contribution in [0.5, 0.6) is 5.75 Å². The molecule has 1 aromatic carbocycles. The van der Waals surface area contributed by atoms with E-state index in [1.165, 1.54) is 0 Å². The normalized spacial score (nSPS) is 18.7. The minimum atomic E-state index is 0.127. The number of carbonyl (C=O) groups is 1. The van der Waals surface area contributed by atoms with Crippen LogP contribution in [0.25, 0.3) is 0 Å². The molecule has 1 atom stereocenters. The Labute approximate surface area is 147 Å². The number of rotatable bonds is 6. The van der Waals surface area contributed by atoms with Crippen molar-refractivity contribution in [2.45, 2.75) is 33.2 Å². The first kappa shape index (κ1) is 18.3. The fraction of sp³-hybridized carbons (Fsp3) is 0.611. The number of halogens is 1. The van der Waals surface area contributed by atoms with Crippen LogP contribution >= 0.6 is 15.9 Å². The van der Waals surface area contributed by atoms with E-state index in [-0.39, 0.29) is 5.92 Å². The SMILES string of the molecule is CCN(CC)C(=O)C1CCCN(Cc2cc(Br)ccc2OC)C1. The number of benzene rings is 1. The van der Waals surface area contributed by atoms with E-state index in [0.29, 0.717) is 5.91 Å². The van der Waals surface area contributed by atoms with Gasteiger partial charge in [-0.3, -0.25) is 9.69 Å². The molecule has 1 heterocycles. The molecule has 0 N–H and O–H groups in total. The van der Waals surface area contributed by atoms with Crippen LogP contribution in [0.4, 0.5) is 0 Å². The number of piperidine rings is 1. The van der Waals surface area contributed by atoms with E-state index in [0.717, 1.165) is 61.4 Å². The van der Waals surface area contributed by atoms with E-state index in [1.54, 1.807) is 7.11 Å². The molecule has 0 radical (unpaired) electrons. The van der Waals surface area contributed by atoms with Crippen molar-refractivity contribution >= 4 is 21.8 Å². The van der Waals surface area contributed by atoms with Gasteiger partial charge >= 0.3 is 0 Å². The summed E-state index contributed by atoms with van der Waals surface area (Å²) in [5.74, 6) is 1.34. The molecular weight excluding hydrogens is 356 g/mol. The van der Waals surface area contributed by atoms with Gasteiger partial charge in [-0.15, -0.1) is 0 Å². The molecule has 128 valence electrons. The van der Waals surface area contributed by atoms with Crippen molar-refractivity contribution in [1.82, 2.24) is 9.80 Å². The summed E-state index contributed by atoms with van der Waals surface area (Å²) < 4.78 is 6.52. The van der Waals surface area contributed by atoms with Gasteiger partial charge in [0.15, 0.2) is 0 Å². The highest BCUT2D eigenvalue weighted by Crippen LogP contribution is 2.27. The molecule has 1 aliphatic rings. The van der Waals surface area contributed by atoms with Gasteiger partial charge in [-0.05, 0) is 51.4 Å². The zero-order valence-electron chi connectivity index (χ0n) is 14.3. The second-order valence-electron chi connectivity index (χ2n) is 6.04. The van der Waals surface area contributed by atoms with Crippen molar-refractivity contribution in [3.8, 4) is 5.75 Å². The van der Waals surface area contributed by atoms with Crippen LogP contribution in [-0.4, -0.2) is 49.0 Å². The molecule has 1 amide bonds. The number of amides is 1. The van der Waals surface area contributed by atoms with Gasteiger partial charge in [-0.1, -0.05) is 15.9 Å². The smallest absolute Gasteiger partial charge is 0.226 e. The molecule has 1 aliphatic heterocycles. The maximum atomic E-state index is 12.6. The second kappa shape index (κ2) is 8.69. The summed E-state index contributed by atoms with van der Waals surface area (Å²) in [5, 5.41) is 0. The fourth-order valence-corrected chi connectivity index (χ4v) is 3.71. The Morgan fingerprint density at radius 2 is 2.13 bits per heavy atom. The molecule has 0 aliphatic carbocycles. The third-order valence-corrected chi connectivity index (χ3v) is 5.06. The molecule has 0 aromatic heterocycles. The van der Waals surface area contributed by atoms with E-state index in [2.05, 4.69) is 26.9 Å². The van der Waals surface area contributed by atoms with Gasteiger partial charge in [-0.2, -0.15) is 0 Å². The van der Waals surface area contributed by atoms with Crippen LogP contribution in [0.1, 0.15) is 32.3 Å². The minimum absolute atomic E-state index is 0.127. The molecule has 1 aromatic rings. The molecule has 2 rings (SSSR count). The highest BCUT2D eigenvalue weighted by atomic mass is 79.9. The van der Waals surface area contributed by atoms with E-state index < -0.39 is 0 Å². The summed E-state index contributed by atoms with van der Waals surface area (Å²) in [6.45, 7) is 8.40. The van der Waals surface area contributed by atoms with Crippen molar-refractivity contribution in [3.05, 3.63) is 28.2 Å². The van der Waals surface area contributed by atoms with Crippen LogP contribution in [-0.2, 0) is 11.3 Å². The standard InChI is InChI=1S/C18H27BrN2O2/c1-4-21(5-2)18(22)14-7-6-10-20(12-14)13-15-11-16(19)8-9-17(15)23-3/h8-9,11,14H,4-7,10,12-13H2,1-3H3. The Balaban J connectivity index is 2.04. The van der Waals surface area contributed by atoms with Crippen LogP contribution in [0.3, 0.4) is 0 Å². The number of methoxy groups -OCH3 is 1. The molecule has 0 saturated carbocycles. The summed E-state index contributed by atoms with van der Waals surface area (Å²) >= 11 is 3.53. The third kappa shape index (κ3) is 4.70. The summed E-state index contributed by atoms with van der Waals surface area (Å²) in [6, 6.07) is 6.09.